The van der Waals surface area contributed by atoms with E-state index < -0.39 is 0 Å². The van der Waals surface area contributed by atoms with E-state index in [4.69, 9.17) is 0 Å². The highest BCUT2D eigenvalue weighted by Crippen LogP contribution is 2.20. The van der Waals surface area contributed by atoms with Crippen LogP contribution in [0.3, 0.4) is 0 Å². The molecule has 3 heterocycles. The van der Waals surface area contributed by atoms with E-state index in [1.807, 2.05) is 36.4 Å². The van der Waals surface area contributed by atoms with Crippen LogP contribution in [0.1, 0.15) is 24.2 Å². The summed E-state index contributed by atoms with van der Waals surface area (Å²) in [7, 11) is 0. The number of hydrogen-bond acceptors (Lipinski definition) is 5. The van der Waals surface area contributed by atoms with E-state index in [0.29, 0.717) is 6.04 Å². The van der Waals surface area contributed by atoms with Crippen LogP contribution < -0.4 is 5.32 Å². The molecule has 1 saturated heterocycles. The molecule has 20 heavy (non-hydrogen) atoms. The molecule has 0 aromatic carbocycles. The molecule has 0 spiro atoms. The third-order valence-corrected chi connectivity index (χ3v) is 4.47. The number of rotatable bonds is 3. The van der Waals surface area contributed by atoms with Gasteiger partial charge in [-0.25, -0.2) is 9.67 Å². The van der Waals surface area contributed by atoms with Crippen molar-refractivity contribution in [3.05, 3.63) is 29.8 Å². The highest BCUT2D eigenvalue weighted by molar-refractivity contribution is 7.99. The molecule has 1 fully saturated rings. The fourth-order valence-corrected chi connectivity index (χ4v) is 3.55. The number of aryl methyl sites for hydroxylation is 2. The Morgan fingerprint density at radius 2 is 2.05 bits per heavy atom. The van der Waals surface area contributed by atoms with Crippen LogP contribution in [0.2, 0.25) is 0 Å². The van der Waals surface area contributed by atoms with Gasteiger partial charge < -0.3 is 5.32 Å². The van der Waals surface area contributed by atoms with Gasteiger partial charge in [0.05, 0.1) is 18.1 Å². The lowest BCUT2D eigenvalue weighted by Crippen LogP contribution is -2.25. The molecule has 0 radical (unpaired) electrons. The Morgan fingerprint density at radius 1 is 1.25 bits per heavy atom. The summed E-state index contributed by atoms with van der Waals surface area (Å²) >= 11 is 2.02. The van der Waals surface area contributed by atoms with Crippen LogP contribution in [-0.2, 0) is 0 Å². The summed E-state index contributed by atoms with van der Waals surface area (Å²) in [5, 5.41) is 7.94. The number of thioether (sulfide) groups is 1. The fourth-order valence-electron chi connectivity index (χ4n) is 2.44. The van der Waals surface area contributed by atoms with E-state index in [9.17, 15) is 0 Å². The molecule has 0 amide bonds. The fraction of sp³-hybridized carbons (Fsp3) is 0.500. The minimum Gasteiger partial charge on any atom is -0.366 e. The predicted molar refractivity (Wildman–Crippen MR) is 82.6 cm³/mol. The molecule has 1 N–H and O–H groups in total. The topological polar surface area (TPSA) is 55.6 Å². The van der Waals surface area contributed by atoms with Crippen molar-refractivity contribution >= 4 is 17.6 Å². The summed E-state index contributed by atoms with van der Waals surface area (Å²) < 4.78 is 1.84. The maximum Gasteiger partial charge on any atom is 0.174 e. The Morgan fingerprint density at radius 3 is 2.75 bits per heavy atom. The minimum atomic E-state index is 0.515. The SMILES string of the molecule is Cc1cc(C)n(-c2cncc(NC3CCSCC3)n2)n1. The van der Waals surface area contributed by atoms with E-state index in [1.54, 1.807) is 12.4 Å². The zero-order valence-electron chi connectivity index (χ0n) is 11.8. The third kappa shape index (κ3) is 2.95. The first kappa shape index (κ1) is 13.4. The first-order valence-corrected chi connectivity index (χ1v) is 8.08. The van der Waals surface area contributed by atoms with E-state index in [-0.39, 0.29) is 0 Å². The van der Waals surface area contributed by atoms with Crippen LogP contribution in [0.25, 0.3) is 5.82 Å². The standard InChI is InChI=1S/C14H19N5S/c1-10-7-11(2)19(18-10)14-9-15-8-13(17-14)16-12-3-5-20-6-4-12/h7-9,12H,3-6H2,1-2H3,(H,16,17). The maximum absolute atomic E-state index is 4.63. The lowest BCUT2D eigenvalue weighted by atomic mass is 10.1. The monoisotopic (exact) mass is 289 g/mol. The molecule has 0 saturated carbocycles. The van der Waals surface area contributed by atoms with Gasteiger partial charge >= 0.3 is 0 Å². The molecule has 0 aliphatic carbocycles. The van der Waals surface area contributed by atoms with Gasteiger partial charge in [0.1, 0.15) is 5.82 Å². The van der Waals surface area contributed by atoms with Crippen LogP contribution in [0.5, 0.6) is 0 Å². The van der Waals surface area contributed by atoms with Crippen LogP contribution in [0.4, 0.5) is 5.82 Å². The summed E-state index contributed by atoms with van der Waals surface area (Å²) in [5.74, 6) is 4.06. The van der Waals surface area contributed by atoms with Crippen LogP contribution in [0.15, 0.2) is 18.5 Å². The summed E-state index contributed by atoms with van der Waals surface area (Å²) in [6, 6.07) is 2.56. The first-order valence-electron chi connectivity index (χ1n) is 6.92. The van der Waals surface area contributed by atoms with Gasteiger partial charge in [-0.05, 0) is 44.3 Å². The van der Waals surface area contributed by atoms with Crippen LogP contribution in [-0.4, -0.2) is 37.3 Å². The van der Waals surface area contributed by atoms with Crippen molar-refractivity contribution in [1.29, 1.82) is 0 Å². The Kier molecular flexibility index (Phi) is 3.91. The molecule has 106 valence electrons. The molecule has 6 heteroatoms. The number of anilines is 1. The summed E-state index contributed by atoms with van der Waals surface area (Å²) in [6.45, 7) is 4.01. The van der Waals surface area contributed by atoms with Crippen molar-refractivity contribution < 1.29 is 0 Å². The minimum absolute atomic E-state index is 0.515. The molecule has 1 aliphatic heterocycles. The largest absolute Gasteiger partial charge is 0.366 e. The van der Waals surface area contributed by atoms with E-state index in [0.717, 1.165) is 23.0 Å². The van der Waals surface area contributed by atoms with Gasteiger partial charge in [0, 0.05) is 11.7 Å². The average Bonchev–Trinajstić information content (AvgIpc) is 2.79. The molecule has 1 aliphatic rings. The lowest BCUT2D eigenvalue weighted by Gasteiger charge is -2.22. The Hall–Kier alpha value is -1.56. The van der Waals surface area contributed by atoms with Crippen molar-refractivity contribution in [1.82, 2.24) is 19.7 Å². The second-order valence-electron chi connectivity index (χ2n) is 5.13. The Labute approximate surface area is 123 Å². The number of nitrogens with one attached hydrogen (secondary N) is 1. The van der Waals surface area contributed by atoms with Crippen molar-refractivity contribution in [3.63, 3.8) is 0 Å². The van der Waals surface area contributed by atoms with Gasteiger partial charge in [-0.3, -0.25) is 4.98 Å². The maximum atomic E-state index is 4.63. The normalized spacial score (nSPS) is 16.3. The Balaban J connectivity index is 1.80. The number of hydrogen-bond donors (Lipinski definition) is 1. The number of aromatic nitrogens is 4. The van der Waals surface area contributed by atoms with E-state index in [1.165, 1.54) is 24.3 Å². The Bertz CT molecular complexity index is 589. The van der Waals surface area contributed by atoms with Crippen LogP contribution >= 0.6 is 11.8 Å². The summed E-state index contributed by atoms with van der Waals surface area (Å²) in [4.78, 5) is 8.92. The van der Waals surface area contributed by atoms with Crippen molar-refractivity contribution in [3.8, 4) is 5.82 Å². The molecule has 5 nitrogen and oxygen atoms in total. The summed E-state index contributed by atoms with van der Waals surface area (Å²) in [6.07, 6.45) is 5.92. The van der Waals surface area contributed by atoms with Gasteiger partial charge in [-0.2, -0.15) is 16.9 Å². The molecule has 2 aromatic rings. The smallest absolute Gasteiger partial charge is 0.174 e. The lowest BCUT2D eigenvalue weighted by molar-refractivity contribution is 0.662. The quantitative estimate of drug-likeness (QED) is 0.941. The van der Waals surface area contributed by atoms with Gasteiger partial charge in [0.25, 0.3) is 0 Å². The molecular formula is C14H19N5S. The average molecular weight is 289 g/mol. The molecule has 0 unspecified atom stereocenters. The van der Waals surface area contributed by atoms with Crippen molar-refractivity contribution in [2.24, 2.45) is 0 Å². The van der Waals surface area contributed by atoms with Gasteiger partial charge in [-0.15, -0.1) is 0 Å². The molecule has 2 aromatic heterocycles. The summed E-state index contributed by atoms with van der Waals surface area (Å²) in [5.41, 5.74) is 2.06. The van der Waals surface area contributed by atoms with Crippen molar-refractivity contribution in [2.75, 3.05) is 16.8 Å². The highest BCUT2D eigenvalue weighted by atomic mass is 32.2. The zero-order chi connectivity index (χ0) is 13.9. The first-order chi connectivity index (χ1) is 9.72. The second-order valence-corrected chi connectivity index (χ2v) is 6.36. The molecule has 3 rings (SSSR count). The second kappa shape index (κ2) is 5.83. The molecule has 0 bridgehead atoms. The molecule has 0 atom stereocenters. The third-order valence-electron chi connectivity index (χ3n) is 3.42. The van der Waals surface area contributed by atoms with Gasteiger partial charge in [-0.1, -0.05) is 0 Å². The van der Waals surface area contributed by atoms with E-state index >= 15 is 0 Å². The zero-order valence-corrected chi connectivity index (χ0v) is 12.7. The van der Waals surface area contributed by atoms with Gasteiger partial charge in [0.2, 0.25) is 0 Å². The van der Waals surface area contributed by atoms with Gasteiger partial charge in [0.15, 0.2) is 5.82 Å². The van der Waals surface area contributed by atoms with Crippen LogP contribution in [0, 0.1) is 13.8 Å². The predicted octanol–water partition coefficient (Wildman–Crippen LogP) is 2.59. The molecular weight excluding hydrogens is 270 g/mol. The number of nitrogens with zero attached hydrogens (tertiary/aromatic N) is 4. The van der Waals surface area contributed by atoms with E-state index in [2.05, 4.69) is 20.4 Å². The highest BCUT2D eigenvalue weighted by Gasteiger charge is 2.14. The van der Waals surface area contributed by atoms with Crippen molar-refractivity contribution in [2.45, 2.75) is 32.7 Å².